The Morgan fingerprint density at radius 2 is 1.53 bits per heavy atom. The number of carboxylic acids is 1. The molecule has 5 rings (SSSR count). The van der Waals surface area contributed by atoms with E-state index in [9.17, 15) is 31.9 Å². The summed E-state index contributed by atoms with van der Waals surface area (Å²) in [6.45, 7) is 0.622. The van der Waals surface area contributed by atoms with Crippen molar-refractivity contribution in [3.8, 4) is 11.1 Å². The molecule has 0 radical (unpaired) electrons. The lowest BCUT2D eigenvalue weighted by Crippen LogP contribution is -2.54. The first kappa shape index (κ1) is 27.2. The number of alkyl halides is 3. The van der Waals surface area contributed by atoms with Crippen molar-refractivity contribution >= 4 is 23.8 Å². The lowest BCUT2D eigenvalue weighted by Gasteiger charge is -2.35. The largest absolute Gasteiger partial charge is 0.490 e. The Balaban J connectivity index is 0.000000426. The number of likely N-dealkylation sites (tertiary alicyclic amines) is 1. The van der Waals surface area contributed by atoms with Gasteiger partial charge in [-0.3, -0.25) is 24.2 Å². The van der Waals surface area contributed by atoms with Crippen LogP contribution in [0.4, 0.5) is 17.6 Å². The van der Waals surface area contributed by atoms with Crippen molar-refractivity contribution < 1.29 is 46.6 Å². The number of nitrogens with zero attached hydrogens (tertiary/aromatic N) is 2. The first-order chi connectivity index (χ1) is 17.8. The molecule has 12 heteroatoms. The van der Waals surface area contributed by atoms with Gasteiger partial charge in [0.25, 0.3) is 0 Å². The van der Waals surface area contributed by atoms with Crippen molar-refractivity contribution in [3.05, 3.63) is 59.9 Å². The summed E-state index contributed by atoms with van der Waals surface area (Å²) in [4.78, 5) is 51.2. The normalized spacial score (nSPS) is 26.5. The van der Waals surface area contributed by atoms with Crippen LogP contribution in [0.25, 0.3) is 11.1 Å². The van der Waals surface area contributed by atoms with Gasteiger partial charge in [0.05, 0.1) is 18.9 Å². The van der Waals surface area contributed by atoms with Crippen LogP contribution in [0.15, 0.2) is 48.5 Å². The quantitative estimate of drug-likeness (QED) is 0.364. The number of benzene rings is 2. The Morgan fingerprint density at radius 3 is 2.03 bits per heavy atom. The minimum Gasteiger partial charge on any atom is -0.475 e. The van der Waals surface area contributed by atoms with E-state index in [1.54, 1.807) is 12.1 Å². The first-order valence-corrected chi connectivity index (χ1v) is 11.7. The molecule has 3 heterocycles. The number of carbonyl (C=O) groups excluding carboxylic acids is 3. The minimum absolute atomic E-state index is 0.250. The van der Waals surface area contributed by atoms with Gasteiger partial charge in [0, 0.05) is 13.1 Å². The molecule has 0 aliphatic carbocycles. The van der Waals surface area contributed by atoms with Gasteiger partial charge < -0.3 is 9.84 Å². The highest BCUT2D eigenvalue weighted by molar-refractivity contribution is 6.09. The number of methoxy groups -OCH3 is 1. The number of aliphatic carboxylic acids is 1. The van der Waals surface area contributed by atoms with Crippen LogP contribution in [0.3, 0.4) is 0 Å². The monoisotopic (exact) mass is 536 g/mol. The highest BCUT2D eigenvalue weighted by atomic mass is 19.4. The van der Waals surface area contributed by atoms with Crippen LogP contribution in [-0.4, -0.2) is 71.1 Å². The second-order valence-electron chi connectivity index (χ2n) is 9.33. The summed E-state index contributed by atoms with van der Waals surface area (Å²) in [6, 6.07) is 13.6. The number of carboxylic acid groups (broad SMARTS) is 1. The van der Waals surface area contributed by atoms with Gasteiger partial charge >= 0.3 is 18.1 Å². The molecule has 0 spiro atoms. The van der Waals surface area contributed by atoms with E-state index in [2.05, 4.69) is 0 Å². The summed E-state index contributed by atoms with van der Waals surface area (Å²) in [6.07, 6.45) is -3.83. The molecular formula is C26H24F4N2O6. The Hall–Kier alpha value is -3.80. The molecule has 38 heavy (non-hydrogen) atoms. The van der Waals surface area contributed by atoms with Gasteiger partial charge in [0.2, 0.25) is 11.8 Å². The second kappa shape index (κ2) is 9.82. The van der Waals surface area contributed by atoms with Crippen LogP contribution in [0.2, 0.25) is 0 Å². The summed E-state index contributed by atoms with van der Waals surface area (Å²) >= 11 is 0. The maximum Gasteiger partial charge on any atom is 0.490 e. The number of amides is 2. The third-order valence-electron chi connectivity index (χ3n) is 7.44. The van der Waals surface area contributed by atoms with E-state index in [-0.39, 0.29) is 23.7 Å². The lowest BCUT2D eigenvalue weighted by atomic mass is 9.77. The number of hydrogen-bond acceptors (Lipinski definition) is 6. The summed E-state index contributed by atoms with van der Waals surface area (Å²) in [5.41, 5.74) is 1.58. The van der Waals surface area contributed by atoms with Crippen molar-refractivity contribution in [1.29, 1.82) is 0 Å². The molecule has 3 saturated heterocycles. The van der Waals surface area contributed by atoms with Crippen LogP contribution >= 0.6 is 0 Å². The molecule has 2 aromatic rings. The molecule has 0 unspecified atom stereocenters. The van der Waals surface area contributed by atoms with Gasteiger partial charge in [-0.15, -0.1) is 0 Å². The van der Waals surface area contributed by atoms with E-state index >= 15 is 0 Å². The van der Waals surface area contributed by atoms with E-state index in [0.29, 0.717) is 13.0 Å². The van der Waals surface area contributed by atoms with Crippen molar-refractivity contribution in [3.63, 3.8) is 0 Å². The zero-order valence-electron chi connectivity index (χ0n) is 20.4. The Morgan fingerprint density at radius 1 is 1.00 bits per heavy atom. The van der Waals surface area contributed by atoms with E-state index < -0.39 is 35.5 Å². The molecule has 202 valence electrons. The minimum atomic E-state index is -5.08. The van der Waals surface area contributed by atoms with Crippen molar-refractivity contribution in [2.75, 3.05) is 20.7 Å². The lowest BCUT2D eigenvalue weighted by molar-refractivity contribution is -0.192. The molecule has 3 fully saturated rings. The van der Waals surface area contributed by atoms with Gasteiger partial charge in [-0.05, 0) is 48.2 Å². The Kier molecular flexibility index (Phi) is 7.04. The fraction of sp³-hybridized carbons (Fsp3) is 0.385. The highest BCUT2D eigenvalue weighted by Gasteiger charge is 2.72. The van der Waals surface area contributed by atoms with Crippen molar-refractivity contribution in [2.45, 2.75) is 30.6 Å². The average Bonchev–Trinajstić information content (AvgIpc) is 3.50. The van der Waals surface area contributed by atoms with Crippen LogP contribution in [-0.2, 0) is 23.9 Å². The molecule has 3 aliphatic rings. The van der Waals surface area contributed by atoms with E-state index in [0.717, 1.165) is 28.0 Å². The van der Waals surface area contributed by atoms with Gasteiger partial charge in [-0.2, -0.15) is 13.2 Å². The zero-order valence-corrected chi connectivity index (χ0v) is 20.4. The fourth-order valence-corrected chi connectivity index (χ4v) is 5.86. The summed E-state index contributed by atoms with van der Waals surface area (Å²) < 4.78 is 50.1. The number of halogens is 4. The Labute approximate surface area is 214 Å². The molecule has 3 aliphatic heterocycles. The number of imide groups is 1. The first-order valence-electron chi connectivity index (χ1n) is 11.7. The fourth-order valence-electron chi connectivity index (χ4n) is 5.86. The van der Waals surface area contributed by atoms with E-state index in [4.69, 9.17) is 14.6 Å². The van der Waals surface area contributed by atoms with E-state index in [1.165, 1.54) is 26.3 Å². The number of rotatable bonds is 3. The SMILES string of the molecule is COC(=O)[C@@]12CCCN1[C@H](c1ccc(-c3ccc(F)cc3)cc1)[C@H]1C(=O)N(C)C(=O)[C@H]12.O=C(O)C(F)(F)F. The standard InChI is InChI=1S/C24H23FN2O4.C2HF3O2/c1-26-21(28)18-19(22(26)29)24(23(30)31-2)12-3-13-27(24)20(18)16-6-4-14(5-7-16)15-8-10-17(25)11-9-15;3-2(4,5)1(6)7/h4-11,18-20H,3,12-13H2,1-2H3;(H,6,7)/t18-,19-,20+,24-;/m0./s1. The molecule has 8 nitrogen and oxygen atoms in total. The zero-order chi connectivity index (χ0) is 28.0. The summed E-state index contributed by atoms with van der Waals surface area (Å²) in [5.74, 6) is -5.40. The predicted octanol–water partition coefficient (Wildman–Crippen LogP) is 3.42. The third kappa shape index (κ3) is 4.32. The molecule has 0 saturated carbocycles. The maximum absolute atomic E-state index is 13.2. The van der Waals surface area contributed by atoms with Crippen molar-refractivity contribution in [2.24, 2.45) is 11.8 Å². The van der Waals surface area contributed by atoms with Crippen molar-refractivity contribution in [1.82, 2.24) is 9.80 Å². The topological polar surface area (TPSA) is 104 Å². The predicted molar refractivity (Wildman–Crippen MR) is 124 cm³/mol. The van der Waals surface area contributed by atoms with Gasteiger partial charge in [0.15, 0.2) is 0 Å². The summed E-state index contributed by atoms with van der Waals surface area (Å²) in [7, 11) is 2.82. The second-order valence-corrected chi connectivity index (χ2v) is 9.33. The van der Waals surface area contributed by atoms with Gasteiger partial charge in [-0.1, -0.05) is 36.4 Å². The van der Waals surface area contributed by atoms with Crippen LogP contribution in [0, 0.1) is 17.7 Å². The van der Waals surface area contributed by atoms with Gasteiger partial charge in [-0.25, -0.2) is 9.18 Å². The molecule has 1 N–H and O–H groups in total. The molecule has 0 aromatic heterocycles. The number of hydrogen-bond donors (Lipinski definition) is 1. The van der Waals surface area contributed by atoms with Crippen LogP contribution in [0.5, 0.6) is 0 Å². The molecular weight excluding hydrogens is 512 g/mol. The van der Waals surface area contributed by atoms with Gasteiger partial charge in [0.1, 0.15) is 11.4 Å². The van der Waals surface area contributed by atoms with Crippen LogP contribution < -0.4 is 0 Å². The Bertz CT molecular complexity index is 1260. The molecule has 2 aromatic carbocycles. The number of fused-ring (bicyclic) bond motifs is 3. The number of esters is 1. The maximum atomic E-state index is 13.2. The van der Waals surface area contributed by atoms with E-state index in [1.807, 2.05) is 29.2 Å². The molecule has 4 atom stereocenters. The van der Waals surface area contributed by atoms with Crippen LogP contribution in [0.1, 0.15) is 24.4 Å². The molecule has 2 amide bonds. The highest BCUT2D eigenvalue weighted by Crippen LogP contribution is 2.59. The number of carbonyl (C=O) groups is 4. The summed E-state index contributed by atoms with van der Waals surface area (Å²) in [5, 5.41) is 7.12. The average molecular weight is 536 g/mol. The molecule has 0 bridgehead atoms. The smallest absolute Gasteiger partial charge is 0.475 e. The number of ether oxygens (including phenoxy) is 1. The third-order valence-corrected chi connectivity index (χ3v) is 7.44.